The van der Waals surface area contributed by atoms with E-state index in [9.17, 15) is 0 Å². The monoisotopic (exact) mass is 370 g/mol. The molecule has 3 heterocycles. The summed E-state index contributed by atoms with van der Waals surface area (Å²) in [6.07, 6.45) is 6.62. The van der Waals surface area contributed by atoms with Gasteiger partial charge in [-0.15, -0.1) is 0 Å². The topological polar surface area (TPSA) is 56.7 Å². The van der Waals surface area contributed by atoms with Gasteiger partial charge in [0.1, 0.15) is 5.82 Å². The molecular formula is C19H23ClN6. The van der Waals surface area contributed by atoms with Crippen LogP contribution in [-0.2, 0) is 0 Å². The van der Waals surface area contributed by atoms with Gasteiger partial charge in [0.05, 0.1) is 6.21 Å². The van der Waals surface area contributed by atoms with E-state index in [0.29, 0.717) is 0 Å². The van der Waals surface area contributed by atoms with Crippen LogP contribution < -0.4 is 15.2 Å². The molecule has 0 spiro atoms. The lowest BCUT2D eigenvalue weighted by molar-refractivity contribution is 0.871. The standard InChI is InChI=1S/C19H23ClN6/c20-16-7-5-15(6-8-16)14-21-24-17-13-18(25-9-1-2-10-25)23-19(22-17)26-11-3-4-12-26/h5-8,13-14H,1-4,9-12H2,(H,22,23,24)/b21-14+. The van der Waals surface area contributed by atoms with Crippen molar-refractivity contribution in [3.8, 4) is 0 Å². The maximum atomic E-state index is 5.91. The van der Waals surface area contributed by atoms with Gasteiger partial charge in [0, 0.05) is 37.3 Å². The van der Waals surface area contributed by atoms with Gasteiger partial charge in [-0.3, -0.25) is 5.43 Å². The quantitative estimate of drug-likeness (QED) is 0.641. The molecule has 2 aliphatic heterocycles. The van der Waals surface area contributed by atoms with E-state index in [-0.39, 0.29) is 0 Å². The lowest BCUT2D eigenvalue weighted by Gasteiger charge is -2.21. The van der Waals surface area contributed by atoms with Crippen molar-refractivity contribution in [2.75, 3.05) is 41.4 Å². The Kier molecular flexibility index (Phi) is 5.20. The second kappa shape index (κ2) is 7.91. The van der Waals surface area contributed by atoms with Crippen molar-refractivity contribution in [1.82, 2.24) is 9.97 Å². The summed E-state index contributed by atoms with van der Waals surface area (Å²) in [4.78, 5) is 14.1. The van der Waals surface area contributed by atoms with E-state index in [1.807, 2.05) is 30.3 Å². The average Bonchev–Trinajstić information content (AvgIpc) is 3.37. The number of nitrogens with zero attached hydrogens (tertiary/aromatic N) is 5. The fourth-order valence-corrected chi connectivity index (χ4v) is 3.49. The van der Waals surface area contributed by atoms with Crippen molar-refractivity contribution in [3.05, 3.63) is 40.9 Å². The van der Waals surface area contributed by atoms with E-state index < -0.39 is 0 Å². The first kappa shape index (κ1) is 17.1. The van der Waals surface area contributed by atoms with Crippen molar-refractivity contribution >= 4 is 35.4 Å². The molecule has 2 saturated heterocycles. The van der Waals surface area contributed by atoms with Gasteiger partial charge >= 0.3 is 0 Å². The summed E-state index contributed by atoms with van der Waals surface area (Å²) in [5.41, 5.74) is 4.05. The van der Waals surface area contributed by atoms with Crippen molar-refractivity contribution in [3.63, 3.8) is 0 Å². The molecule has 0 aliphatic carbocycles. The van der Waals surface area contributed by atoms with Crippen molar-refractivity contribution in [1.29, 1.82) is 0 Å². The lowest BCUT2D eigenvalue weighted by atomic mass is 10.2. The molecule has 1 N–H and O–H groups in total. The second-order valence-corrected chi connectivity index (χ2v) is 7.16. The van der Waals surface area contributed by atoms with Gasteiger partial charge in [-0.2, -0.15) is 15.1 Å². The summed E-state index contributed by atoms with van der Waals surface area (Å²) in [5.74, 6) is 2.52. The van der Waals surface area contributed by atoms with E-state index in [4.69, 9.17) is 16.6 Å². The summed E-state index contributed by atoms with van der Waals surface area (Å²) in [5, 5.41) is 5.05. The van der Waals surface area contributed by atoms with E-state index in [2.05, 4.69) is 25.3 Å². The molecule has 0 radical (unpaired) electrons. The summed E-state index contributed by atoms with van der Waals surface area (Å²) in [6.45, 7) is 4.17. The lowest BCUT2D eigenvalue weighted by Crippen LogP contribution is -2.24. The van der Waals surface area contributed by atoms with Gasteiger partial charge in [-0.25, -0.2) is 0 Å². The van der Waals surface area contributed by atoms with E-state index in [0.717, 1.165) is 54.3 Å². The van der Waals surface area contributed by atoms with Crippen molar-refractivity contribution in [2.24, 2.45) is 5.10 Å². The fraction of sp³-hybridized carbons (Fsp3) is 0.421. The molecule has 0 atom stereocenters. The van der Waals surface area contributed by atoms with Gasteiger partial charge in [-0.1, -0.05) is 23.7 Å². The molecule has 2 aromatic rings. The number of benzene rings is 1. The van der Waals surface area contributed by atoms with Crippen LogP contribution in [0, 0.1) is 0 Å². The Morgan fingerprint density at radius 1 is 0.923 bits per heavy atom. The number of hydrazone groups is 1. The summed E-state index contributed by atoms with van der Waals surface area (Å²) in [7, 11) is 0. The van der Waals surface area contributed by atoms with Crippen LogP contribution in [0.1, 0.15) is 31.2 Å². The molecular weight excluding hydrogens is 348 g/mol. The zero-order valence-corrected chi connectivity index (χ0v) is 15.5. The number of rotatable bonds is 5. The van der Waals surface area contributed by atoms with Crippen LogP contribution in [0.2, 0.25) is 5.02 Å². The predicted octanol–water partition coefficient (Wildman–Crippen LogP) is 3.78. The molecule has 0 unspecified atom stereocenters. The number of aromatic nitrogens is 2. The first-order chi connectivity index (χ1) is 12.8. The summed E-state index contributed by atoms with van der Waals surface area (Å²) < 4.78 is 0. The highest BCUT2D eigenvalue weighted by Crippen LogP contribution is 2.25. The molecule has 1 aromatic heterocycles. The van der Waals surface area contributed by atoms with Gasteiger partial charge in [0.25, 0.3) is 0 Å². The van der Waals surface area contributed by atoms with Gasteiger partial charge in [0.15, 0.2) is 5.82 Å². The Hall–Kier alpha value is -2.34. The first-order valence-corrected chi connectivity index (χ1v) is 9.59. The van der Waals surface area contributed by atoms with Crippen molar-refractivity contribution < 1.29 is 0 Å². The minimum Gasteiger partial charge on any atom is -0.356 e. The SMILES string of the molecule is Clc1ccc(/C=N/Nc2cc(N3CCCC3)nc(N3CCCC3)n2)cc1. The Balaban J connectivity index is 1.54. The van der Waals surface area contributed by atoms with Crippen LogP contribution in [0.5, 0.6) is 0 Å². The Morgan fingerprint density at radius 3 is 2.27 bits per heavy atom. The number of hydrogen-bond acceptors (Lipinski definition) is 6. The van der Waals surface area contributed by atoms with Crippen LogP contribution >= 0.6 is 11.6 Å². The third kappa shape index (κ3) is 4.07. The molecule has 4 rings (SSSR count). The zero-order valence-electron chi connectivity index (χ0n) is 14.7. The highest BCUT2D eigenvalue weighted by molar-refractivity contribution is 6.30. The third-order valence-electron chi connectivity index (χ3n) is 4.78. The van der Waals surface area contributed by atoms with Crippen molar-refractivity contribution in [2.45, 2.75) is 25.7 Å². The van der Waals surface area contributed by atoms with E-state index >= 15 is 0 Å². The molecule has 6 nitrogen and oxygen atoms in total. The summed E-state index contributed by atoms with van der Waals surface area (Å²) in [6, 6.07) is 9.55. The van der Waals surface area contributed by atoms with Gasteiger partial charge < -0.3 is 9.80 Å². The normalized spacial score (nSPS) is 17.4. The maximum absolute atomic E-state index is 5.91. The number of anilines is 3. The molecule has 1 aromatic carbocycles. The smallest absolute Gasteiger partial charge is 0.229 e. The Bertz CT molecular complexity index is 730. The minimum atomic E-state index is 0.719. The van der Waals surface area contributed by atoms with Gasteiger partial charge in [0.2, 0.25) is 5.95 Å². The van der Waals surface area contributed by atoms with E-state index in [1.54, 1.807) is 6.21 Å². The third-order valence-corrected chi connectivity index (χ3v) is 5.03. The molecule has 26 heavy (non-hydrogen) atoms. The van der Waals surface area contributed by atoms with Crippen LogP contribution in [-0.4, -0.2) is 42.4 Å². The second-order valence-electron chi connectivity index (χ2n) is 6.72. The Labute approximate surface area is 158 Å². The van der Waals surface area contributed by atoms with Crippen LogP contribution in [0.15, 0.2) is 35.4 Å². The van der Waals surface area contributed by atoms with Crippen LogP contribution in [0.25, 0.3) is 0 Å². The van der Waals surface area contributed by atoms with Crippen LogP contribution in [0.4, 0.5) is 17.6 Å². The molecule has 0 bridgehead atoms. The molecule has 0 saturated carbocycles. The van der Waals surface area contributed by atoms with Crippen LogP contribution in [0.3, 0.4) is 0 Å². The van der Waals surface area contributed by atoms with Gasteiger partial charge in [-0.05, 0) is 43.4 Å². The number of halogens is 1. The summed E-state index contributed by atoms with van der Waals surface area (Å²) >= 11 is 5.91. The van der Waals surface area contributed by atoms with E-state index in [1.165, 1.54) is 25.7 Å². The molecule has 7 heteroatoms. The Morgan fingerprint density at radius 2 is 1.58 bits per heavy atom. The number of hydrogen-bond donors (Lipinski definition) is 1. The predicted molar refractivity (Wildman–Crippen MR) is 108 cm³/mol. The molecule has 0 amide bonds. The number of nitrogens with one attached hydrogen (secondary N) is 1. The minimum absolute atomic E-state index is 0.719. The molecule has 2 fully saturated rings. The first-order valence-electron chi connectivity index (χ1n) is 9.21. The largest absolute Gasteiger partial charge is 0.356 e. The fourth-order valence-electron chi connectivity index (χ4n) is 3.37. The average molecular weight is 371 g/mol. The molecule has 136 valence electrons. The maximum Gasteiger partial charge on any atom is 0.229 e. The zero-order chi connectivity index (χ0) is 17.8. The highest BCUT2D eigenvalue weighted by atomic mass is 35.5. The highest BCUT2D eigenvalue weighted by Gasteiger charge is 2.20. The molecule has 2 aliphatic rings.